The van der Waals surface area contributed by atoms with Crippen LogP contribution < -0.4 is 0 Å². The van der Waals surface area contributed by atoms with Crippen molar-refractivity contribution in [1.82, 2.24) is 0 Å². The predicted octanol–water partition coefficient (Wildman–Crippen LogP) is 12.5. The molecule has 2 aliphatic carbocycles. The normalized spacial score (nSPS) is 17.4. The maximum absolute atomic E-state index is 4.13. The second-order valence-corrected chi connectivity index (χ2v) is 41.2. The zero-order valence-electron chi connectivity index (χ0n) is 28.1. The summed E-state index contributed by atoms with van der Waals surface area (Å²) in [6, 6.07) is 32.4. The van der Waals surface area contributed by atoms with E-state index in [9.17, 15) is 0 Å². The summed E-state index contributed by atoms with van der Waals surface area (Å²) in [5.74, 6) is 1.29. The van der Waals surface area contributed by atoms with Gasteiger partial charge in [0.15, 0.2) is 0 Å². The molecular weight excluding hydrogens is 695 g/mol. The fourth-order valence-electron chi connectivity index (χ4n) is 8.54. The van der Waals surface area contributed by atoms with Crippen molar-refractivity contribution < 1.29 is 18.0 Å². The van der Waals surface area contributed by atoms with Gasteiger partial charge >= 0.3 is 269 Å². The first-order chi connectivity index (χ1) is 21.0. The number of rotatable bonds is 8. The Bertz CT molecular complexity index is 1690. The summed E-state index contributed by atoms with van der Waals surface area (Å²) in [6.07, 6.45) is 12.7. The first kappa shape index (κ1) is 31.1. The molecule has 6 rings (SSSR count). The molecule has 0 aliphatic heterocycles. The minimum absolute atomic E-state index is 0.475. The molecule has 1 heteroatoms. The Kier molecular flexibility index (Phi) is 8.34. The molecular formula is C43H50Hf. The van der Waals surface area contributed by atoms with Gasteiger partial charge in [0.2, 0.25) is 0 Å². The number of fused-ring (bicyclic) bond motifs is 2. The van der Waals surface area contributed by atoms with E-state index < -0.39 is 18.0 Å². The van der Waals surface area contributed by atoms with Crippen molar-refractivity contribution in [2.75, 3.05) is 0 Å². The van der Waals surface area contributed by atoms with Gasteiger partial charge in [0, 0.05) is 0 Å². The molecule has 4 aromatic rings. The van der Waals surface area contributed by atoms with Gasteiger partial charge in [-0.3, -0.25) is 0 Å². The summed E-state index contributed by atoms with van der Waals surface area (Å²) in [7, 11) is 0. The monoisotopic (exact) mass is 746 g/mol. The van der Waals surface area contributed by atoms with Gasteiger partial charge < -0.3 is 0 Å². The SMILES string of the molecule is Cc1ccc(-c2cccc3c2C=C[CH]3[Hf]([CH3])([CH3])(=[C](CC(C)C)CC(C)C)[CH]2C=Cc3c(-c4ccc(C)cc4)cccc32)cc1. The van der Waals surface area contributed by atoms with Gasteiger partial charge in [-0.05, 0) is 0 Å². The molecule has 0 nitrogen and oxygen atoms in total. The third-order valence-corrected chi connectivity index (χ3v) is 37.8. The van der Waals surface area contributed by atoms with E-state index in [-0.39, 0.29) is 0 Å². The molecule has 2 aliphatic rings. The fourth-order valence-corrected chi connectivity index (χ4v) is 34.3. The van der Waals surface area contributed by atoms with Crippen LogP contribution in [0.15, 0.2) is 97.1 Å². The molecule has 0 N–H and O–H groups in total. The number of aryl methyl sites for hydroxylation is 2. The molecule has 226 valence electrons. The first-order valence-corrected chi connectivity index (χ1v) is 29.9. The molecule has 0 saturated carbocycles. The topological polar surface area (TPSA) is 0 Å². The van der Waals surface area contributed by atoms with Crippen LogP contribution in [0.4, 0.5) is 0 Å². The van der Waals surface area contributed by atoms with Crippen molar-refractivity contribution >= 4 is 15.4 Å². The summed E-state index contributed by atoms with van der Waals surface area (Å²) in [6.45, 7) is 14.1. The van der Waals surface area contributed by atoms with Crippen molar-refractivity contribution in [2.45, 2.75) is 71.1 Å². The standard InChI is InChI=1S/2C16H13.C9H18.2CH3.Hf/c2*1-12-8-10-14(11-9-12)16-7-3-5-13-4-2-6-15(13)16;1-8(2)6-5-7-9(3)4;;;/h2*2-11H,1H3;8-9H,6-7H2,1-4H3;2*1H3;. The van der Waals surface area contributed by atoms with E-state index in [1.54, 1.807) is 11.1 Å². The Hall–Kier alpha value is -2.90. The molecule has 0 spiro atoms. The molecule has 0 heterocycles. The number of hydrogen-bond acceptors (Lipinski definition) is 0. The van der Waals surface area contributed by atoms with Gasteiger partial charge in [-0.2, -0.15) is 0 Å². The van der Waals surface area contributed by atoms with Crippen LogP contribution >= 0.6 is 0 Å². The van der Waals surface area contributed by atoms with Gasteiger partial charge in [-0.1, -0.05) is 0 Å². The Balaban J connectivity index is 1.59. The van der Waals surface area contributed by atoms with E-state index in [4.69, 9.17) is 0 Å². The average molecular weight is 745 g/mol. The molecule has 0 saturated heterocycles. The van der Waals surface area contributed by atoms with Crippen molar-refractivity contribution in [3.8, 4) is 22.3 Å². The molecule has 0 aromatic heterocycles. The van der Waals surface area contributed by atoms with Crippen LogP contribution in [-0.2, 0) is 18.0 Å². The Morgan fingerprint density at radius 2 is 0.955 bits per heavy atom. The zero-order chi connectivity index (χ0) is 31.2. The number of allylic oxidation sites excluding steroid dienone is 2. The van der Waals surface area contributed by atoms with Crippen LogP contribution in [0, 0.1) is 25.7 Å². The minimum atomic E-state index is -4.13. The van der Waals surface area contributed by atoms with Crippen LogP contribution in [0.2, 0.25) is 9.36 Å². The van der Waals surface area contributed by atoms with Gasteiger partial charge in [-0.25, -0.2) is 0 Å². The van der Waals surface area contributed by atoms with Gasteiger partial charge in [0.05, 0.1) is 0 Å². The van der Waals surface area contributed by atoms with Crippen molar-refractivity contribution in [1.29, 1.82) is 0 Å². The molecule has 2 unspecified atom stereocenters. The Morgan fingerprint density at radius 3 is 1.32 bits per heavy atom. The van der Waals surface area contributed by atoms with E-state index in [2.05, 4.69) is 160 Å². The van der Waals surface area contributed by atoms with Crippen molar-refractivity contribution in [2.24, 2.45) is 11.8 Å². The summed E-state index contributed by atoms with van der Waals surface area (Å²) >= 11 is -4.13. The quantitative estimate of drug-likeness (QED) is 0.158. The molecule has 0 bridgehead atoms. The van der Waals surface area contributed by atoms with E-state index in [1.807, 2.05) is 3.26 Å². The Morgan fingerprint density at radius 1 is 0.568 bits per heavy atom. The first-order valence-electron chi connectivity index (χ1n) is 16.8. The van der Waals surface area contributed by atoms with Gasteiger partial charge in [0.1, 0.15) is 0 Å². The predicted molar refractivity (Wildman–Crippen MR) is 192 cm³/mol. The molecule has 2 atom stereocenters. The van der Waals surface area contributed by atoms with Crippen LogP contribution in [0.1, 0.15) is 81.3 Å². The molecule has 0 radical (unpaired) electrons. The third kappa shape index (κ3) is 5.34. The number of benzene rings is 4. The fraction of sp³-hybridized carbons (Fsp3) is 0.326. The summed E-state index contributed by atoms with van der Waals surface area (Å²) < 4.78 is 8.54. The maximum atomic E-state index is 2.84. The van der Waals surface area contributed by atoms with E-state index in [0.717, 1.165) is 0 Å². The Labute approximate surface area is 267 Å². The van der Waals surface area contributed by atoms with E-state index in [1.165, 1.54) is 57.3 Å². The summed E-state index contributed by atoms with van der Waals surface area (Å²) in [5.41, 5.74) is 14.0. The molecule has 44 heavy (non-hydrogen) atoms. The van der Waals surface area contributed by atoms with Crippen LogP contribution in [0.3, 0.4) is 0 Å². The van der Waals surface area contributed by atoms with Gasteiger partial charge in [0.25, 0.3) is 0 Å². The molecule has 0 amide bonds. The zero-order valence-corrected chi connectivity index (χ0v) is 31.7. The number of hydrogen-bond donors (Lipinski definition) is 0. The van der Waals surface area contributed by atoms with Crippen LogP contribution in [-0.4, -0.2) is 3.26 Å². The van der Waals surface area contributed by atoms with Crippen molar-refractivity contribution in [3.63, 3.8) is 0 Å². The second-order valence-electron chi connectivity index (χ2n) is 15.4. The average Bonchev–Trinajstić information content (AvgIpc) is 3.64. The van der Waals surface area contributed by atoms with E-state index >= 15 is 0 Å². The van der Waals surface area contributed by atoms with Gasteiger partial charge in [-0.15, -0.1) is 0 Å². The summed E-state index contributed by atoms with van der Waals surface area (Å²) in [4.78, 5) is 0. The van der Waals surface area contributed by atoms with Crippen LogP contribution in [0.5, 0.6) is 0 Å². The second kappa shape index (κ2) is 11.8. The van der Waals surface area contributed by atoms with E-state index in [0.29, 0.717) is 19.2 Å². The molecule has 0 fully saturated rings. The van der Waals surface area contributed by atoms with Crippen LogP contribution in [0.25, 0.3) is 34.4 Å². The summed E-state index contributed by atoms with van der Waals surface area (Å²) in [5, 5.41) is 0. The third-order valence-electron chi connectivity index (χ3n) is 10.9. The molecule has 4 aromatic carbocycles. The van der Waals surface area contributed by atoms with Crippen molar-refractivity contribution in [3.05, 3.63) is 130 Å².